The average Bonchev–Trinajstić information content (AvgIpc) is 2.75. The molecule has 0 radical (unpaired) electrons. The highest BCUT2D eigenvalue weighted by Crippen LogP contribution is 2.21. The number of benzene rings is 1. The first-order chi connectivity index (χ1) is 8.24. The summed E-state index contributed by atoms with van der Waals surface area (Å²) in [5, 5.41) is 0.817. The van der Waals surface area contributed by atoms with Crippen LogP contribution in [-0.2, 0) is 0 Å². The molecule has 0 saturated carbocycles. The van der Waals surface area contributed by atoms with Gasteiger partial charge in [0.25, 0.3) is 6.01 Å². The summed E-state index contributed by atoms with van der Waals surface area (Å²) in [4.78, 5) is 15.5. The third-order valence-electron chi connectivity index (χ3n) is 2.43. The minimum absolute atomic E-state index is 0.0209. The maximum Gasteiger partial charge on any atom is 0.347 e. The molecule has 2 aromatic heterocycles. The Balaban J connectivity index is 2.30. The Labute approximate surface area is 95.5 Å². The van der Waals surface area contributed by atoms with Gasteiger partial charge in [-0.3, -0.25) is 0 Å². The Bertz CT molecular complexity index is 743. The lowest BCUT2D eigenvalue weighted by atomic mass is 10.1. The number of hydrogen-bond donors (Lipinski definition) is 1. The van der Waals surface area contributed by atoms with Gasteiger partial charge in [-0.15, -0.1) is 0 Å². The Hall–Kier alpha value is -2.56. The zero-order valence-corrected chi connectivity index (χ0v) is 8.71. The van der Waals surface area contributed by atoms with Gasteiger partial charge in [0.1, 0.15) is 11.1 Å². The summed E-state index contributed by atoms with van der Waals surface area (Å²) < 4.78 is 10.3. The molecule has 0 spiro atoms. The Morgan fingerprint density at radius 2 is 2.00 bits per heavy atom. The van der Waals surface area contributed by atoms with Gasteiger partial charge in [-0.05, 0) is 12.1 Å². The number of nitrogens with zero attached hydrogens (tertiary/aromatic N) is 1. The molecule has 17 heavy (non-hydrogen) atoms. The standard InChI is InChI=1S/C12H8N2O3/c13-12-14-6-10(17-12)8-5-7-3-1-2-4-9(7)16-11(8)15/h1-6H,(H2,13,14). The van der Waals surface area contributed by atoms with Gasteiger partial charge in [0.05, 0.1) is 6.20 Å². The van der Waals surface area contributed by atoms with Crippen LogP contribution in [0.5, 0.6) is 0 Å². The molecule has 0 aliphatic heterocycles. The van der Waals surface area contributed by atoms with Crippen molar-refractivity contribution in [2.45, 2.75) is 0 Å². The van der Waals surface area contributed by atoms with Gasteiger partial charge in [-0.2, -0.15) is 0 Å². The zero-order valence-electron chi connectivity index (χ0n) is 8.71. The van der Waals surface area contributed by atoms with Crippen LogP contribution in [0.15, 0.2) is 50.2 Å². The summed E-state index contributed by atoms with van der Waals surface area (Å²) >= 11 is 0. The van der Waals surface area contributed by atoms with Crippen molar-refractivity contribution in [1.29, 1.82) is 0 Å². The van der Waals surface area contributed by atoms with Crippen molar-refractivity contribution in [1.82, 2.24) is 4.98 Å². The molecule has 2 heterocycles. The van der Waals surface area contributed by atoms with Crippen LogP contribution in [-0.4, -0.2) is 4.98 Å². The third kappa shape index (κ3) is 1.57. The van der Waals surface area contributed by atoms with Crippen molar-refractivity contribution >= 4 is 17.0 Å². The lowest BCUT2D eigenvalue weighted by molar-refractivity contribution is 0.551. The van der Waals surface area contributed by atoms with E-state index >= 15 is 0 Å². The fourth-order valence-corrected chi connectivity index (χ4v) is 1.65. The first-order valence-electron chi connectivity index (χ1n) is 4.98. The van der Waals surface area contributed by atoms with E-state index in [9.17, 15) is 4.79 Å². The largest absolute Gasteiger partial charge is 0.423 e. The third-order valence-corrected chi connectivity index (χ3v) is 2.43. The molecule has 0 atom stereocenters. The lowest BCUT2D eigenvalue weighted by Crippen LogP contribution is -2.01. The molecule has 0 aliphatic rings. The number of oxazole rings is 1. The molecule has 0 fully saturated rings. The first kappa shape index (κ1) is 9.65. The number of aromatic nitrogens is 1. The maximum atomic E-state index is 11.7. The van der Waals surface area contributed by atoms with Crippen LogP contribution in [0.4, 0.5) is 6.01 Å². The molecule has 3 aromatic rings. The molecule has 0 bridgehead atoms. The van der Waals surface area contributed by atoms with Crippen LogP contribution in [0.1, 0.15) is 0 Å². The number of fused-ring (bicyclic) bond motifs is 1. The molecule has 2 N–H and O–H groups in total. The molecule has 5 heteroatoms. The summed E-state index contributed by atoms with van der Waals surface area (Å²) in [5.74, 6) is 0.307. The monoisotopic (exact) mass is 228 g/mol. The fraction of sp³-hybridized carbons (Fsp3) is 0. The molecule has 0 saturated heterocycles. The molecule has 0 amide bonds. The highest BCUT2D eigenvalue weighted by atomic mass is 16.4. The SMILES string of the molecule is Nc1ncc(-c2cc3ccccc3oc2=O)o1. The molecule has 0 aliphatic carbocycles. The van der Waals surface area contributed by atoms with E-state index in [2.05, 4.69) is 4.98 Å². The number of nitrogens with two attached hydrogens (primary N) is 1. The normalized spacial score (nSPS) is 10.8. The van der Waals surface area contributed by atoms with Gasteiger partial charge in [0.2, 0.25) is 0 Å². The Kier molecular flexibility index (Phi) is 1.98. The summed E-state index contributed by atoms with van der Waals surface area (Å²) in [5.41, 5.74) is 5.74. The van der Waals surface area contributed by atoms with E-state index in [0.717, 1.165) is 5.39 Å². The zero-order chi connectivity index (χ0) is 11.8. The van der Waals surface area contributed by atoms with Crippen molar-refractivity contribution in [3.8, 4) is 11.3 Å². The molecule has 3 rings (SSSR count). The van der Waals surface area contributed by atoms with E-state index < -0.39 is 5.63 Å². The first-order valence-corrected chi connectivity index (χ1v) is 4.98. The molecule has 84 valence electrons. The van der Waals surface area contributed by atoms with Gasteiger partial charge in [-0.1, -0.05) is 18.2 Å². The van der Waals surface area contributed by atoms with Crippen LogP contribution in [0.25, 0.3) is 22.3 Å². The average molecular weight is 228 g/mol. The molecule has 5 nitrogen and oxygen atoms in total. The number of rotatable bonds is 1. The second kappa shape index (κ2) is 3.48. The topological polar surface area (TPSA) is 82.3 Å². The van der Waals surface area contributed by atoms with Crippen molar-refractivity contribution < 1.29 is 8.83 Å². The molecule has 0 unspecified atom stereocenters. The summed E-state index contributed by atoms with van der Waals surface area (Å²) in [7, 11) is 0. The van der Waals surface area contributed by atoms with Gasteiger partial charge in [0.15, 0.2) is 5.76 Å². The summed E-state index contributed by atoms with van der Waals surface area (Å²) in [6.07, 6.45) is 1.40. The van der Waals surface area contributed by atoms with Crippen LogP contribution in [0, 0.1) is 0 Å². The van der Waals surface area contributed by atoms with E-state index in [-0.39, 0.29) is 6.01 Å². The van der Waals surface area contributed by atoms with Gasteiger partial charge >= 0.3 is 5.63 Å². The number of hydrogen-bond acceptors (Lipinski definition) is 5. The van der Waals surface area contributed by atoms with Crippen molar-refractivity contribution in [3.05, 3.63) is 46.9 Å². The van der Waals surface area contributed by atoms with E-state index in [1.807, 2.05) is 12.1 Å². The van der Waals surface area contributed by atoms with Crippen molar-refractivity contribution in [2.24, 2.45) is 0 Å². The fourth-order valence-electron chi connectivity index (χ4n) is 1.65. The van der Waals surface area contributed by atoms with Crippen LogP contribution < -0.4 is 11.4 Å². The second-order valence-electron chi connectivity index (χ2n) is 3.55. The predicted molar refractivity (Wildman–Crippen MR) is 62.4 cm³/mol. The Morgan fingerprint density at radius 3 is 2.76 bits per heavy atom. The summed E-state index contributed by atoms with van der Waals surface area (Å²) in [6.45, 7) is 0. The number of nitrogen functional groups attached to an aromatic ring is 1. The van der Waals surface area contributed by atoms with Crippen LogP contribution in [0.2, 0.25) is 0 Å². The van der Waals surface area contributed by atoms with Gasteiger partial charge < -0.3 is 14.6 Å². The minimum Gasteiger partial charge on any atom is -0.423 e. The van der Waals surface area contributed by atoms with E-state index in [1.54, 1.807) is 18.2 Å². The lowest BCUT2D eigenvalue weighted by Gasteiger charge is -1.98. The van der Waals surface area contributed by atoms with E-state index in [0.29, 0.717) is 16.9 Å². The van der Waals surface area contributed by atoms with E-state index in [1.165, 1.54) is 6.20 Å². The highest BCUT2D eigenvalue weighted by Gasteiger charge is 2.11. The predicted octanol–water partition coefficient (Wildman–Crippen LogP) is 2.03. The maximum absolute atomic E-state index is 11.7. The second-order valence-corrected chi connectivity index (χ2v) is 3.55. The minimum atomic E-state index is -0.472. The summed E-state index contributed by atoms with van der Waals surface area (Å²) in [6, 6.07) is 8.96. The van der Waals surface area contributed by atoms with Crippen molar-refractivity contribution in [3.63, 3.8) is 0 Å². The van der Waals surface area contributed by atoms with Crippen molar-refractivity contribution in [2.75, 3.05) is 5.73 Å². The molecular formula is C12H8N2O3. The smallest absolute Gasteiger partial charge is 0.347 e. The highest BCUT2D eigenvalue weighted by molar-refractivity contribution is 5.80. The van der Waals surface area contributed by atoms with E-state index in [4.69, 9.17) is 14.6 Å². The van der Waals surface area contributed by atoms with Crippen LogP contribution >= 0.6 is 0 Å². The van der Waals surface area contributed by atoms with Gasteiger partial charge in [0, 0.05) is 5.39 Å². The Morgan fingerprint density at radius 1 is 1.18 bits per heavy atom. The number of anilines is 1. The molecular weight excluding hydrogens is 220 g/mol. The quantitative estimate of drug-likeness (QED) is 0.644. The number of para-hydroxylation sites is 1. The van der Waals surface area contributed by atoms with Crippen LogP contribution in [0.3, 0.4) is 0 Å². The van der Waals surface area contributed by atoms with Gasteiger partial charge in [-0.25, -0.2) is 9.78 Å². The molecule has 1 aromatic carbocycles.